The lowest BCUT2D eigenvalue weighted by Crippen LogP contribution is -2.19. The summed E-state index contributed by atoms with van der Waals surface area (Å²) in [6, 6.07) is 10.3. The minimum atomic E-state index is -0.871. The van der Waals surface area contributed by atoms with Crippen LogP contribution in [0.1, 0.15) is 19.8 Å². The third-order valence-corrected chi connectivity index (χ3v) is 4.92. The van der Waals surface area contributed by atoms with Gasteiger partial charge in [-0.15, -0.1) is 0 Å². The molecule has 4 nitrogen and oxygen atoms in total. The molecule has 0 radical (unpaired) electrons. The third kappa shape index (κ3) is 3.29. The number of fused-ring (bicyclic) bond motifs is 1. The molecule has 1 aliphatic rings. The van der Waals surface area contributed by atoms with E-state index in [1.807, 2.05) is 24.3 Å². The van der Waals surface area contributed by atoms with E-state index in [-0.39, 0.29) is 17.7 Å². The number of halogens is 3. The van der Waals surface area contributed by atoms with Gasteiger partial charge < -0.3 is 10.6 Å². The lowest BCUT2D eigenvalue weighted by atomic mass is 10.2. The molecule has 1 saturated carbocycles. The first kappa shape index (κ1) is 17.0. The Morgan fingerprint density at radius 1 is 1.12 bits per heavy atom. The fourth-order valence-corrected chi connectivity index (χ4v) is 3.08. The van der Waals surface area contributed by atoms with E-state index < -0.39 is 16.7 Å². The molecule has 2 N–H and O–H groups in total. The van der Waals surface area contributed by atoms with Crippen molar-refractivity contribution in [1.82, 2.24) is 9.97 Å². The van der Waals surface area contributed by atoms with Gasteiger partial charge in [-0.2, -0.15) is 4.98 Å². The zero-order valence-corrected chi connectivity index (χ0v) is 14.8. The Morgan fingerprint density at radius 2 is 1.88 bits per heavy atom. The van der Waals surface area contributed by atoms with Crippen LogP contribution in [0.25, 0.3) is 10.9 Å². The molecule has 4 rings (SSSR count). The molecule has 1 aliphatic carbocycles. The highest BCUT2D eigenvalue weighted by Gasteiger charge is 2.28. The van der Waals surface area contributed by atoms with E-state index in [4.69, 9.17) is 11.6 Å². The zero-order chi connectivity index (χ0) is 18.3. The van der Waals surface area contributed by atoms with Gasteiger partial charge in [0.15, 0.2) is 5.82 Å². The van der Waals surface area contributed by atoms with Gasteiger partial charge in [0, 0.05) is 11.4 Å². The van der Waals surface area contributed by atoms with Crippen molar-refractivity contribution in [3.05, 3.63) is 53.1 Å². The van der Waals surface area contributed by atoms with E-state index in [0.717, 1.165) is 17.0 Å². The van der Waals surface area contributed by atoms with Gasteiger partial charge >= 0.3 is 0 Å². The van der Waals surface area contributed by atoms with E-state index in [9.17, 15) is 8.78 Å². The molecule has 0 amide bonds. The van der Waals surface area contributed by atoms with Crippen LogP contribution in [-0.4, -0.2) is 16.0 Å². The van der Waals surface area contributed by atoms with Gasteiger partial charge in [0.05, 0.1) is 11.2 Å². The number of hydrogen-bond acceptors (Lipinski definition) is 4. The van der Waals surface area contributed by atoms with Crippen LogP contribution in [-0.2, 0) is 0 Å². The van der Waals surface area contributed by atoms with Crippen LogP contribution in [0.3, 0.4) is 0 Å². The molecular formula is C19H17ClF2N4. The number of para-hydroxylation sites is 1. The van der Waals surface area contributed by atoms with Gasteiger partial charge in [-0.3, -0.25) is 0 Å². The van der Waals surface area contributed by atoms with Crippen LogP contribution >= 0.6 is 11.6 Å². The quantitative estimate of drug-likeness (QED) is 0.578. The molecule has 0 spiro atoms. The molecular weight excluding hydrogens is 358 g/mol. The first-order valence-corrected chi connectivity index (χ1v) is 8.84. The average molecular weight is 375 g/mol. The minimum Gasteiger partial charge on any atom is -0.367 e. The molecule has 0 bridgehead atoms. The van der Waals surface area contributed by atoms with Crippen molar-refractivity contribution < 1.29 is 8.78 Å². The standard InChI is InChI=1S/C19H17ClF2N4/c1-10(11-6-7-11)23-18-12-4-2-3-5-14(12)24-19(26-18)25-15-9-8-13(21)16(20)17(15)22/h2-5,8-11H,6-7H2,1H3,(H2,23,24,25,26). The second kappa shape index (κ2) is 6.68. The van der Waals surface area contributed by atoms with Crippen molar-refractivity contribution in [1.29, 1.82) is 0 Å². The number of rotatable bonds is 5. The van der Waals surface area contributed by atoms with Crippen LogP contribution in [0.15, 0.2) is 36.4 Å². The summed E-state index contributed by atoms with van der Waals surface area (Å²) in [7, 11) is 0. The molecule has 1 fully saturated rings. The summed E-state index contributed by atoms with van der Waals surface area (Å²) in [5, 5.41) is 6.57. The monoisotopic (exact) mass is 374 g/mol. The molecule has 1 aromatic heterocycles. The Hall–Kier alpha value is -2.47. The van der Waals surface area contributed by atoms with Crippen LogP contribution < -0.4 is 10.6 Å². The number of nitrogens with one attached hydrogen (secondary N) is 2. The van der Waals surface area contributed by atoms with E-state index in [1.54, 1.807) is 0 Å². The fraction of sp³-hybridized carbons (Fsp3) is 0.263. The van der Waals surface area contributed by atoms with Crippen LogP contribution in [0.4, 0.5) is 26.2 Å². The maximum Gasteiger partial charge on any atom is 0.229 e. The second-order valence-corrected chi connectivity index (χ2v) is 6.91. The summed E-state index contributed by atoms with van der Waals surface area (Å²) in [6.07, 6.45) is 2.42. The van der Waals surface area contributed by atoms with Crippen molar-refractivity contribution in [2.75, 3.05) is 10.6 Å². The molecule has 1 atom stereocenters. The van der Waals surface area contributed by atoms with E-state index >= 15 is 0 Å². The maximum absolute atomic E-state index is 14.2. The van der Waals surface area contributed by atoms with Crippen LogP contribution in [0.5, 0.6) is 0 Å². The lowest BCUT2D eigenvalue weighted by Gasteiger charge is -2.16. The first-order chi connectivity index (χ1) is 12.5. The fourth-order valence-electron chi connectivity index (χ4n) is 2.92. The van der Waals surface area contributed by atoms with Gasteiger partial charge in [-0.1, -0.05) is 23.7 Å². The van der Waals surface area contributed by atoms with E-state index in [2.05, 4.69) is 27.5 Å². The highest BCUT2D eigenvalue weighted by Crippen LogP contribution is 2.35. The topological polar surface area (TPSA) is 49.8 Å². The van der Waals surface area contributed by atoms with Crippen molar-refractivity contribution >= 4 is 40.0 Å². The summed E-state index contributed by atoms with van der Waals surface area (Å²) in [6.45, 7) is 2.13. The Kier molecular flexibility index (Phi) is 4.36. The summed E-state index contributed by atoms with van der Waals surface area (Å²) < 4.78 is 27.5. The van der Waals surface area contributed by atoms with Gasteiger partial charge in [0.2, 0.25) is 5.95 Å². The first-order valence-electron chi connectivity index (χ1n) is 8.47. The summed E-state index contributed by atoms with van der Waals surface area (Å²) >= 11 is 5.64. The van der Waals surface area contributed by atoms with E-state index in [0.29, 0.717) is 11.7 Å². The highest BCUT2D eigenvalue weighted by atomic mass is 35.5. The highest BCUT2D eigenvalue weighted by molar-refractivity contribution is 6.31. The van der Waals surface area contributed by atoms with E-state index in [1.165, 1.54) is 18.9 Å². The van der Waals surface area contributed by atoms with Crippen LogP contribution in [0, 0.1) is 17.6 Å². The Morgan fingerprint density at radius 3 is 2.65 bits per heavy atom. The molecule has 7 heteroatoms. The number of aromatic nitrogens is 2. The van der Waals surface area contributed by atoms with Crippen molar-refractivity contribution in [2.24, 2.45) is 5.92 Å². The smallest absolute Gasteiger partial charge is 0.229 e. The number of hydrogen-bond donors (Lipinski definition) is 2. The Balaban J connectivity index is 1.72. The molecule has 1 heterocycles. The molecule has 2 aromatic carbocycles. The largest absolute Gasteiger partial charge is 0.367 e. The lowest BCUT2D eigenvalue weighted by molar-refractivity contribution is 0.586. The zero-order valence-electron chi connectivity index (χ0n) is 14.1. The molecule has 0 saturated heterocycles. The molecule has 134 valence electrons. The SMILES string of the molecule is CC(Nc1nc(Nc2ccc(F)c(Cl)c2F)nc2ccccc12)C1CC1. The number of anilines is 3. The minimum absolute atomic E-state index is 0.0212. The normalized spacial score (nSPS) is 15.1. The molecule has 0 aliphatic heterocycles. The van der Waals surface area contributed by atoms with Gasteiger partial charge in [-0.05, 0) is 49.9 Å². The van der Waals surface area contributed by atoms with Crippen molar-refractivity contribution in [3.63, 3.8) is 0 Å². The average Bonchev–Trinajstić information content (AvgIpc) is 3.47. The Labute approximate surface area is 154 Å². The van der Waals surface area contributed by atoms with Gasteiger partial charge in [0.1, 0.15) is 16.7 Å². The van der Waals surface area contributed by atoms with Crippen molar-refractivity contribution in [2.45, 2.75) is 25.8 Å². The second-order valence-electron chi connectivity index (χ2n) is 6.53. The predicted octanol–water partition coefficient (Wildman–Crippen LogP) is 5.52. The third-order valence-electron chi connectivity index (χ3n) is 4.58. The van der Waals surface area contributed by atoms with Crippen LogP contribution in [0.2, 0.25) is 5.02 Å². The van der Waals surface area contributed by atoms with Crippen molar-refractivity contribution in [3.8, 4) is 0 Å². The van der Waals surface area contributed by atoms with Gasteiger partial charge in [-0.25, -0.2) is 13.8 Å². The molecule has 26 heavy (non-hydrogen) atoms. The molecule has 1 unspecified atom stereocenters. The summed E-state index contributed by atoms with van der Waals surface area (Å²) in [5.74, 6) is -0.130. The summed E-state index contributed by atoms with van der Waals surface area (Å²) in [4.78, 5) is 8.93. The number of benzene rings is 2. The van der Waals surface area contributed by atoms with Gasteiger partial charge in [0.25, 0.3) is 0 Å². The summed E-state index contributed by atoms with van der Waals surface area (Å²) in [5.41, 5.74) is 0.747. The maximum atomic E-state index is 14.2. The number of nitrogens with zero attached hydrogens (tertiary/aromatic N) is 2. The predicted molar refractivity (Wildman–Crippen MR) is 100.0 cm³/mol. The molecule has 3 aromatic rings. The Bertz CT molecular complexity index is 975.